The molecule has 4 aliphatic rings. The van der Waals surface area contributed by atoms with E-state index in [0.29, 0.717) is 72.3 Å². The Bertz CT molecular complexity index is 3680. The molecule has 0 atom stereocenters. The van der Waals surface area contributed by atoms with E-state index in [2.05, 4.69) is 0 Å². The van der Waals surface area contributed by atoms with E-state index in [0.717, 1.165) is 35.0 Å². The second-order valence-corrected chi connectivity index (χ2v) is 24.9. The second-order valence-electron chi connectivity index (χ2n) is 19.3. The van der Waals surface area contributed by atoms with Crippen LogP contribution in [0.3, 0.4) is 0 Å². The molecule has 72 heavy (non-hydrogen) atoms. The highest BCUT2D eigenvalue weighted by Gasteiger charge is 2.46. The molecule has 0 bridgehead atoms. The third-order valence-electron chi connectivity index (χ3n) is 13.8. The predicted octanol–water partition coefficient (Wildman–Crippen LogP) is 7.43. The standard InChI is InChI=1S/C49H51N3O16S4/c1-48(2)41(50(5)37-17-15-33-35(46(37)48)25-31(69(56,57)58)27-39(33)71(62,63)64)19-13-29-10-9-11-30(24-29)14-20-42-49(3,4)47-36-26-32(70(59,60)61)28-40(72(65,66)67)34(36)16-18-38(47)51(42)23-8-6-7-12-45(55)68-52-43(53)21-22-44(52)54/h13-20,24-28H,6-12,21-23H2,1-5H3,(H3-,56,57,58,59,60,61,62,63,64,65,66,67)/p+1. The summed E-state index contributed by atoms with van der Waals surface area (Å²) in [5.74, 6) is -1.89. The topological polar surface area (TPSA) is 287 Å². The first-order valence-electron chi connectivity index (χ1n) is 22.8. The number of hydrogen-bond donors (Lipinski definition) is 4. The fourth-order valence-corrected chi connectivity index (χ4v) is 13.1. The molecule has 2 amide bonds. The van der Waals surface area contributed by atoms with E-state index in [9.17, 15) is 66.3 Å². The van der Waals surface area contributed by atoms with Crippen molar-refractivity contribution in [3.8, 4) is 0 Å². The van der Waals surface area contributed by atoms with Gasteiger partial charge in [-0.1, -0.05) is 44.6 Å². The number of unbranched alkanes of at least 4 members (excludes halogenated alkanes) is 2. The minimum Gasteiger partial charge on any atom is -0.344 e. The van der Waals surface area contributed by atoms with Gasteiger partial charge in [0.2, 0.25) is 5.69 Å². The quantitative estimate of drug-likeness (QED) is 0.0413. The number of nitrogens with zero attached hydrogens (tertiary/aromatic N) is 3. The lowest BCUT2D eigenvalue weighted by molar-refractivity contribution is -0.401. The molecule has 3 aliphatic heterocycles. The number of amides is 2. The highest BCUT2D eigenvalue weighted by Crippen LogP contribution is 2.52. The van der Waals surface area contributed by atoms with E-state index in [1.54, 1.807) is 12.1 Å². The number of rotatable bonds is 14. The minimum absolute atomic E-state index is 0.0319. The van der Waals surface area contributed by atoms with Gasteiger partial charge in [0.25, 0.3) is 52.3 Å². The number of hydrogen-bond acceptors (Lipinski definition) is 13. The Morgan fingerprint density at radius 3 is 1.81 bits per heavy atom. The maximum atomic E-state index is 12.7. The van der Waals surface area contributed by atoms with E-state index < -0.39 is 88.7 Å². The Balaban J connectivity index is 1.13. The van der Waals surface area contributed by atoms with E-state index in [-0.39, 0.29) is 40.8 Å². The first-order chi connectivity index (χ1) is 33.4. The van der Waals surface area contributed by atoms with Gasteiger partial charge in [0, 0.05) is 71.1 Å². The number of allylic oxidation sites excluding steroid dienone is 8. The zero-order valence-electron chi connectivity index (χ0n) is 39.7. The Labute approximate surface area is 416 Å². The van der Waals surface area contributed by atoms with Gasteiger partial charge in [0.15, 0.2) is 5.71 Å². The number of anilines is 1. The van der Waals surface area contributed by atoms with Crippen LogP contribution < -0.4 is 4.90 Å². The average Bonchev–Trinajstić information content (AvgIpc) is 3.79. The molecule has 4 N–H and O–H groups in total. The predicted molar refractivity (Wildman–Crippen MR) is 264 cm³/mol. The van der Waals surface area contributed by atoms with Gasteiger partial charge in [-0.2, -0.15) is 38.2 Å². The summed E-state index contributed by atoms with van der Waals surface area (Å²) in [7, 11) is -17.9. The van der Waals surface area contributed by atoms with Gasteiger partial charge >= 0.3 is 5.97 Å². The van der Waals surface area contributed by atoms with Gasteiger partial charge in [0.1, 0.15) is 16.8 Å². The molecule has 0 radical (unpaired) electrons. The summed E-state index contributed by atoms with van der Waals surface area (Å²) in [6.45, 7) is 7.93. The number of benzene rings is 4. The van der Waals surface area contributed by atoms with Crippen molar-refractivity contribution in [2.75, 3.05) is 18.5 Å². The Morgan fingerprint density at radius 1 is 0.667 bits per heavy atom. The Morgan fingerprint density at radius 2 is 1.24 bits per heavy atom. The minimum atomic E-state index is -4.99. The van der Waals surface area contributed by atoms with E-state index in [1.807, 2.05) is 74.6 Å². The number of carbonyl (C=O) groups is 3. The van der Waals surface area contributed by atoms with Crippen molar-refractivity contribution in [3.05, 3.63) is 107 Å². The molecule has 3 heterocycles. The zero-order valence-corrected chi connectivity index (χ0v) is 43.0. The molecule has 0 spiro atoms. The van der Waals surface area contributed by atoms with Crippen LogP contribution in [0.25, 0.3) is 21.5 Å². The normalized spacial score (nSPS) is 19.4. The van der Waals surface area contributed by atoms with Gasteiger partial charge in [-0.05, 0) is 116 Å². The molecule has 382 valence electrons. The summed E-state index contributed by atoms with van der Waals surface area (Å²) >= 11 is 0. The van der Waals surface area contributed by atoms with E-state index >= 15 is 0 Å². The summed E-state index contributed by atoms with van der Waals surface area (Å²) in [6.07, 6.45) is 13.3. The van der Waals surface area contributed by atoms with Crippen molar-refractivity contribution in [1.29, 1.82) is 0 Å². The summed E-state index contributed by atoms with van der Waals surface area (Å²) < 4.78 is 142. The highest BCUT2D eigenvalue weighted by molar-refractivity contribution is 7.87. The van der Waals surface area contributed by atoms with Crippen molar-refractivity contribution in [2.24, 2.45) is 0 Å². The fourth-order valence-electron chi connectivity index (χ4n) is 10.4. The lowest BCUT2D eigenvalue weighted by Crippen LogP contribution is -2.32. The van der Waals surface area contributed by atoms with Gasteiger partial charge in [-0.15, -0.1) is 5.06 Å². The van der Waals surface area contributed by atoms with Crippen LogP contribution in [0.4, 0.5) is 11.4 Å². The monoisotopic (exact) mass is 1070 g/mol. The molecule has 8 rings (SSSR count). The molecule has 1 saturated heterocycles. The lowest BCUT2D eigenvalue weighted by atomic mass is 9.78. The van der Waals surface area contributed by atoms with Crippen molar-refractivity contribution < 1.29 is 75.7 Å². The molecular formula is C49H52N3O16S4+. The van der Waals surface area contributed by atoms with Crippen LogP contribution in [0, 0.1) is 0 Å². The first-order valence-corrected chi connectivity index (χ1v) is 28.5. The van der Waals surface area contributed by atoms with Crippen LogP contribution in [0.2, 0.25) is 0 Å². The summed E-state index contributed by atoms with van der Waals surface area (Å²) in [5.41, 5.74) is 4.04. The molecular weight excluding hydrogens is 1010 g/mol. The number of fused-ring (bicyclic) bond motifs is 6. The third kappa shape index (κ3) is 9.83. The molecule has 4 aromatic carbocycles. The zero-order chi connectivity index (χ0) is 52.7. The van der Waals surface area contributed by atoms with Crippen LogP contribution >= 0.6 is 0 Å². The average molecular weight is 1070 g/mol. The Hall–Kier alpha value is -5.92. The van der Waals surface area contributed by atoms with Crippen LogP contribution in [-0.2, 0) is 70.5 Å². The fraction of sp³-hybridized carbons (Fsp3) is 0.347. The molecule has 1 aliphatic carbocycles. The molecule has 4 aromatic rings. The van der Waals surface area contributed by atoms with Crippen LogP contribution in [0.15, 0.2) is 115 Å². The summed E-state index contributed by atoms with van der Waals surface area (Å²) in [6, 6.07) is 10.1. The third-order valence-corrected chi connectivity index (χ3v) is 17.2. The number of carbonyl (C=O) groups excluding carboxylic acids is 3. The maximum absolute atomic E-state index is 12.7. The molecule has 0 unspecified atom stereocenters. The second kappa shape index (κ2) is 18.5. The Kier molecular flexibility index (Phi) is 13.5. The lowest BCUT2D eigenvalue weighted by Gasteiger charge is -2.27. The number of hydroxylamine groups is 2. The largest absolute Gasteiger partial charge is 0.344 e. The van der Waals surface area contributed by atoms with Gasteiger partial charge in [-0.3, -0.25) is 27.8 Å². The SMILES string of the molecule is C[N+]1=C(C=CC2=CC(=CC=C3N(CCCCCC(=O)ON4C(=O)CCC4=O)c4ccc5c(S(=O)(=O)O)cc(S(=O)(=O)O)cc5c4C3(C)C)CCC2)C(C)(C)c2c1ccc1c(S(=O)(=O)O)cc(S(=O)(=O)O)cc21. The molecule has 23 heteroatoms. The van der Waals surface area contributed by atoms with Crippen molar-refractivity contribution in [2.45, 2.75) is 116 Å². The van der Waals surface area contributed by atoms with Gasteiger partial charge < -0.3 is 9.74 Å². The van der Waals surface area contributed by atoms with Crippen LogP contribution in [0.5, 0.6) is 0 Å². The molecule has 19 nitrogen and oxygen atoms in total. The van der Waals surface area contributed by atoms with Gasteiger partial charge in [-0.25, -0.2) is 4.79 Å². The smallest absolute Gasteiger partial charge is 0.333 e. The highest BCUT2D eigenvalue weighted by atomic mass is 32.2. The van der Waals surface area contributed by atoms with Crippen molar-refractivity contribution in [3.63, 3.8) is 0 Å². The van der Waals surface area contributed by atoms with E-state index in [1.165, 1.54) is 24.3 Å². The van der Waals surface area contributed by atoms with E-state index in [4.69, 9.17) is 4.84 Å². The molecule has 1 fully saturated rings. The number of imide groups is 1. The van der Waals surface area contributed by atoms with Crippen LogP contribution in [-0.4, -0.2) is 98.6 Å². The van der Waals surface area contributed by atoms with Crippen molar-refractivity contribution >= 4 is 96.9 Å². The summed E-state index contributed by atoms with van der Waals surface area (Å²) in [5, 5.41) is 1.00. The molecule has 0 saturated carbocycles. The first kappa shape index (κ1) is 52.4. The maximum Gasteiger partial charge on any atom is 0.333 e. The van der Waals surface area contributed by atoms with Gasteiger partial charge in [0.05, 0.1) is 15.2 Å². The van der Waals surface area contributed by atoms with Crippen LogP contribution in [0.1, 0.15) is 96.6 Å². The van der Waals surface area contributed by atoms with Crippen molar-refractivity contribution in [1.82, 2.24) is 5.06 Å². The summed E-state index contributed by atoms with van der Waals surface area (Å²) in [4.78, 5) is 40.6. The molecule has 0 aromatic heterocycles.